The van der Waals surface area contributed by atoms with Crippen LogP contribution in [-0.4, -0.2) is 28.3 Å². The van der Waals surface area contributed by atoms with Gasteiger partial charge in [-0.3, -0.25) is 9.59 Å². The molecule has 1 aromatic carbocycles. The van der Waals surface area contributed by atoms with Crippen LogP contribution in [0, 0.1) is 0 Å². The van der Waals surface area contributed by atoms with Crippen LogP contribution in [0.25, 0.3) is 11.0 Å². The van der Waals surface area contributed by atoms with E-state index in [9.17, 15) is 9.59 Å². The Morgan fingerprint density at radius 3 is 2.85 bits per heavy atom. The number of carbonyl (C=O) groups excluding carboxylic acids is 2. The van der Waals surface area contributed by atoms with Gasteiger partial charge in [-0.2, -0.15) is 0 Å². The van der Waals surface area contributed by atoms with Gasteiger partial charge in [0.25, 0.3) is 0 Å². The molecule has 0 saturated carbocycles. The first kappa shape index (κ1) is 13.8. The standard InChI is InChI=1S/C14H16N4O2/c1-2-13(19)15-8-7-14(20)16-9-12-17-10-5-3-4-6-11(10)18-12/h2-6H,1,7-9H2,(H,15,19)(H,16,20)(H,17,18). The summed E-state index contributed by atoms with van der Waals surface area (Å²) >= 11 is 0. The molecule has 0 aliphatic carbocycles. The van der Waals surface area contributed by atoms with Gasteiger partial charge in [-0.05, 0) is 18.2 Å². The number of nitrogens with zero attached hydrogens (tertiary/aromatic N) is 1. The highest BCUT2D eigenvalue weighted by Gasteiger charge is 2.05. The van der Waals surface area contributed by atoms with E-state index in [1.165, 1.54) is 6.08 Å². The Kier molecular flexibility index (Phi) is 4.49. The maximum atomic E-state index is 11.6. The predicted octanol–water partition coefficient (Wildman–Crippen LogP) is 0.871. The van der Waals surface area contributed by atoms with Crippen molar-refractivity contribution in [1.82, 2.24) is 20.6 Å². The van der Waals surface area contributed by atoms with Gasteiger partial charge in [0.05, 0.1) is 17.6 Å². The lowest BCUT2D eigenvalue weighted by molar-refractivity contribution is -0.121. The third-order valence-corrected chi connectivity index (χ3v) is 2.73. The van der Waals surface area contributed by atoms with Crippen LogP contribution in [0.1, 0.15) is 12.2 Å². The number of fused-ring (bicyclic) bond motifs is 1. The lowest BCUT2D eigenvalue weighted by atomic mass is 10.3. The molecular formula is C14H16N4O2. The summed E-state index contributed by atoms with van der Waals surface area (Å²) in [6.07, 6.45) is 1.39. The first-order valence-corrected chi connectivity index (χ1v) is 6.29. The molecule has 0 aliphatic heterocycles. The minimum absolute atomic E-state index is 0.144. The fourth-order valence-electron chi connectivity index (χ4n) is 1.73. The average molecular weight is 272 g/mol. The molecule has 1 heterocycles. The number of H-pyrrole nitrogens is 1. The molecule has 0 unspecified atom stereocenters. The van der Waals surface area contributed by atoms with Crippen molar-refractivity contribution in [3.05, 3.63) is 42.7 Å². The Balaban J connectivity index is 1.78. The van der Waals surface area contributed by atoms with Gasteiger partial charge in [0.1, 0.15) is 5.82 Å². The van der Waals surface area contributed by atoms with Gasteiger partial charge in [-0.15, -0.1) is 0 Å². The van der Waals surface area contributed by atoms with Crippen LogP contribution in [0.2, 0.25) is 0 Å². The van der Waals surface area contributed by atoms with Crippen molar-refractivity contribution in [2.24, 2.45) is 0 Å². The van der Waals surface area contributed by atoms with Gasteiger partial charge in [0, 0.05) is 13.0 Å². The van der Waals surface area contributed by atoms with Crippen LogP contribution in [0.4, 0.5) is 0 Å². The summed E-state index contributed by atoms with van der Waals surface area (Å²) in [5.74, 6) is 0.277. The van der Waals surface area contributed by atoms with Crippen molar-refractivity contribution in [2.45, 2.75) is 13.0 Å². The predicted molar refractivity (Wildman–Crippen MR) is 75.8 cm³/mol. The summed E-state index contributed by atoms with van der Waals surface area (Å²) in [5, 5.41) is 5.28. The van der Waals surface area contributed by atoms with E-state index in [4.69, 9.17) is 0 Å². The van der Waals surface area contributed by atoms with E-state index in [-0.39, 0.29) is 24.8 Å². The molecule has 0 fully saturated rings. The highest BCUT2D eigenvalue weighted by molar-refractivity contribution is 5.87. The van der Waals surface area contributed by atoms with Crippen LogP contribution in [0.5, 0.6) is 0 Å². The maximum Gasteiger partial charge on any atom is 0.243 e. The molecule has 0 saturated heterocycles. The molecule has 1 aromatic heterocycles. The van der Waals surface area contributed by atoms with E-state index >= 15 is 0 Å². The summed E-state index contributed by atoms with van der Waals surface area (Å²) in [4.78, 5) is 29.9. The first-order valence-electron chi connectivity index (χ1n) is 6.29. The summed E-state index contributed by atoms with van der Waals surface area (Å²) in [7, 11) is 0. The van der Waals surface area contributed by atoms with E-state index in [0.29, 0.717) is 12.4 Å². The highest BCUT2D eigenvalue weighted by atomic mass is 16.2. The van der Waals surface area contributed by atoms with Crippen LogP contribution in [-0.2, 0) is 16.1 Å². The normalized spacial score (nSPS) is 10.2. The van der Waals surface area contributed by atoms with E-state index in [2.05, 4.69) is 27.2 Å². The van der Waals surface area contributed by atoms with Crippen molar-refractivity contribution in [3.63, 3.8) is 0 Å². The van der Waals surface area contributed by atoms with Gasteiger partial charge < -0.3 is 15.6 Å². The van der Waals surface area contributed by atoms with Crippen LogP contribution < -0.4 is 10.6 Å². The first-order chi connectivity index (χ1) is 9.69. The van der Waals surface area contributed by atoms with E-state index in [0.717, 1.165) is 11.0 Å². The summed E-state index contributed by atoms with van der Waals surface area (Å²) < 4.78 is 0. The molecule has 20 heavy (non-hydrogen) atoms. The molecule has 6 nitrogen and oxygen atoms in total. The van der Waals surface area contributed by atoms with Gasteiger partial charge in [0.2, 0.25) is 11.8 Å². The quantitative estimate of drug-likeness (QED) is 0.682. The Labute approximate surface area is 116 Å². The Hall–Kier alpha value is -2.63. The lowest BCUT2D eigenvalue weighted by Gasteiger charge is -2.03. The number of carbonyl (C=O) groups is 2. The largest absolute Gasteiger partial charge is 0.352 e. The van der Waals surface area contributed by atoms with Crippen LogP contribution >= 0.6 is 0 Å². The molecule has 2 amide bonds. The molecule has 104 valence electrons. The second-order valence-electron chi connectivity index (χ2n) is 4.22. The smallest absolute Gasteiger partial charge is 0.243 e. The number of aromatic nitrogens is 2. The summed E-state index contributed by atoms with van der Waals surface area (Å²) in [6, 6.07) is 7.67. The molecule has 0 spiro atoms. The number of amides is 2. The second kappa shape index (κ2) is 6.51. The Morgan fingerprint density at radius 1 is 1.30 bits per heavy atom. The van der Waals surface area contributed by atoms with Gasteiger partial charge >= 0.3 is 0 Å². The highest BCUT2D eigenvalue weighted by Crippen LogP contribution is 2.09. The zero-order valence-electron chi connectivity index (χ0n) is 11.0. The number of hydrogen-bond donors (Lipinski definition) is 3. The van der Waals surface area contributed by atoms with Crippen molar-refractivity contribution in [2.75, 3.05) is 6.54 Å². The zero-order valence-corrected chi connectivity index (χ0v) is 11.0. The van der Waals surface area contributed by atoms with Crippen molar-refractivity contribution in [1.29, 1.82) is 0 Å². The number of aromatic amines is 1. The third kappa shape index (κ3) is 3.68. The lowest BCUT2D eigenvalue weighted by Crippen LogP contribution is -2.29. The molecule has 0 atom stereocenters. The van der Waals surface area contributed by atoms with E-state index in [1.807, 2.05) is 24.3 Å². The van der Waals surface area contributed by atoms with Gasteiger partial charge in [0.15, 0.2) is 0 Å². The molecule has 3 N–H and O–H groups in total. The number of para-hydroxylation sites is 2. The second-order valence-corrected chi connectivity index (χ2v) is 4.22. The zero-order chi connectivity index (χ0) is 14.4. The van der Waals surface area contributed by atoms with Crippen LogP contribution in [0.15, 0.2) is 36.9 Å². The van der Waals surface area contributed by atoms with Gasteiger partial charge in [-0.25, -0.2) is 4.98 Å². The molecule has 0 radical (unpaired) electrons. The van der Waals surface area contributed by atoms with E-state index < -0.39 is 0 Å². The van der Waals surface area contributed by atoms with Gasteiger partial charge in [-0.1, -0.05) is 18.7 Å². The third-order valence-electron chi connectivity index (χ3n) is 2.73. The molecule has 0 bridgehead atoms. The Bertz CT molecular complexity index is 600. The van der Waals surface area contributed by atoms with Crippen molar-refractivity contribution in [3.8, 4) is 0 Å². The fourth-order valence-corrected chi connectivity index (χ4v) is 1.73. The molecule has 2 aromatic rings. The minimum Gasteiger partial charge on any atom is -0.352 e. The van der Waals surface area contributed by atoms with Crippen molar-refractivity contribution < 1.29 is 9.59 Å². The number of rotatable bonds is 6. The number of imidazole rings is 1. The SMILES string of the molecule is C=CC(=O)NCCC(=O)NCc1nc2ccccc2[nH]1. The Morgan fingerprint density at radius 2 is 2.10 bits per heavy atom. The monoisotopic (exact) mass is 272 g/mol. The number of nitrogens with one attached hydrogen (secondary N) is 3. The number of benzene rings is 1. The summed E-state index contributed by atoms with van der Waals surface area (Å²) in [5.41, 5.74) is 1.81. The average Bonchev–Trinajstić information content (AvgIpc) is 2.87. The minimum atomic E-state index is -0.282. The number of hydrogen-bond acceptors (Lipinski definition) is 3. The fraction of sp³-hybridized carbons (Fsp3) is 0.214. The topological polar surface area (TPSA) is 86.9 Å². The molecule has 0 aliphatic rings. The summed E-state index contributed by atoms with van der Waals surface area (Å²) in [6.45, 7) is 3.95. The van der Waals surface area contributed by atoms with Crippen LogP contribution in [0.3, 0.4) is 0 Å². The van der Waals surface area contributed by atoms with E-state index in [1.54, 1.807) is 0 Å². The molecular weight excluding hydrogens is 256 g/mol. The maximum absolute atomic E-state index is 11.6. The van der Waals surface area contributed by atoms with Crippen molar-refractivity contribution >= 4 is 22.8 Å². The molecule has 6 heteroatoms. The molecule has 2 rings (SSSR count).